The van der Waals surface area contributed by atoms with Gasteiger partial charge >= 0.3 is 0 Å². The van der Waals surface area contributed by atoms with Crippen LogP contribution in [-0.2, 0) is 13.2 Å². The third-order valence-corrected chi connectivity index (χ3v) is 8.01. The van der Waals surface area contributed by atoms with E-state index >= 15 is 0 Å². The maximum Gasteiger partial charge on any atom is 0.128 e. The Kier molecular flexibility index (Phi) is 7.96. The minimum absolute atomic E-state index is 0.0688. The molecule has 4 aromatic rings. The fourth-order valence-corrected chi connectivity index (χ4v) is 5.68. The Morgan fingerprint density at radius 3 is 1.26 bits per heavy atom. The van der Waals surface area contributed by atoms with E-state index < -0.39 is 0 Å². The van der Waals surface area contributed by atoms with Crippen molar-refractivity contribution in [1.82, 2.24) is 9.97 Å². The number of pyridine rings is 2. The van der Waals surface area contributed by atoms with Gasteiger partial charge in [0.25, 0.3) is 0 Å². The first-order chi connectivity index (χ1) is 18.9. The number of hydrogen-bond acceptors (Lipinski definition) is 6. The van der Waals surface area contributed by atoms with E-state index in [0.29, 0.717) is 0 Å². The molecule has 6 heteroatoms. The Balaban J connectivity index is 1.26. The molecule has 0 bridgehead atoms. The van der Waals surface area contributed by atoms with Crippen LogP contribution in [0.3, 0.4) is 0 Å². The molecule has 202 valence electrons. The summed E-state index contributed by atoms with van der Waals surface area (Å²) in [5, 5.41) is 19.2. The monoisotopic (exact) mass is 522 g/mol. The van der Waals surface area contributed by atoms with Gasteiger partial charge in [0.15, 0.2) is 0 Å². The molecule has 2 aromatic carbocycles. The summed E-state index contributed by atoms with van der Waals surface area (Å²) in [5.41, 5.74) is 10.9. The number of aromatic nitrogens is 2. The molecule has 0 spiro atoms. The molecule has 5 rings (SSSR count). The third-order valence-electron chi connectivity index (χ3n) is 8.01. The van der Waals surface area contributed by atoms with Crippen molar-refractivity contribution in [2.75, 3.05) is 36.0 Å². The Morgan fingerprint density at radius 2 is 0.949 bits per heavy atom. The largest absolute Gasteiger partial charge is 0.392 e. The summed E-state index contributed by atoms with van der Waals surface area (Å²) >= 11 is 0. The lowest BCUT2D eigenvalue weighted by atomic mass is 9.97. The van der Waals surface area contributed by atoms with Gasteiger partial charge in [-0.25, -0.2) is 9.97 Å². The fraction of sp³-hybridized carbons (Fsp3) is 0.333. The highest BCUT2D eigenvalue weighted by Crippen LogP contribution is 2.28. The van der Waals surface area contributed by atoms with Crippen LogP contribution >= 0.6 is 0 Å². The lowest BCUT2D eigenvalue weighted by Crippen LogP contribution is -2.31. The van der Waals surface area contributed by atoms with Gasteiger partial charge < -0.3 is 20.0 Å². The molecule has 2 aromatic heterocycles. The molecule has 39 heavy (non-hydrogen) atoms. The highest BCUT2D eigenvalue weighted by Gasteiger charge is 2.18. The van der Waals surface area contributed by atoms with Crippen LogP contribution in [0.4, 0.5) is 11.6 Å². The van der Waals surface area contributed by atoms with Crippen molar-refractivity contribution in [3.63, 3.8) is 0 Å². The zero-order valence-corrected chi connectivity index (χ0v) is 23.4. The van der Waals surface area contributed by atoms with Crippen LogP contribution in [0.1, 0.15) is 39.8 Å². The summed E-state index contributed by atoms with van der Waals surface area (Å²) < 4.78 is 0. The Morgan fingerprint density at radius 1 is 0.564 bits per heavy atom. The molecule has 0 amide bonds. The van der Waals surface area contributed by atoms with E-state index in [1.54, 1.807) is 0 Å². The standard InChI is InChI=1S/C33H38N4O2/c1-22-14-28(15-23(2)30(22)20-38)26-6-8-32(34-18-26)36-10-5-11-37(13-12-36)33-9-7-27(19-35-33)29-16-24(3)31(21-39)25(4)17-29/h6-9,14-19,38-39H,5,10-13,20-21H2,1-4H3. The molecule has 1 fully saturated rings. The van der Waals surface area contributed by atoms with Crippen molar-refractivity contribution < 1.29 is 10.2 Å². The maximum absolute atomic E-state index is 9.62. The second-order valence-corrected chi connectivity index (χ2v) is 10.6. The molecule has 0 atom stereocenters. The van der Waals surface area contributed by atoms with Gasteiger partial charge in [-0.1, -0.05) is 24.3 Å². The summed E-state index contributed by atoms with van der Waals surface area (Å²) in [6.07, 6.45) is 4.96. The van der Waals surface area contributed by atoms with Crippen molar-refractivity contribution in [3.05, 3.63) is 94.3 Å². The van der Waals surface area contributed by atoms with Crippen LogP contribution in [0.2, 0.25) is 0 Å². The molecule has 1 aliphatic rings. The molecule has 0 saturated carbocycles. The van der Waals surface area contributed by atoms with Crippen molar-refractivity contribution in [2.24, 2.45) is 0 Å². The first kappa shape index (κ1) is 26.9. The highest BCUT2D eigenvalue weighted by molar-refractivity contribution is 5.68. The number of aliphatic hydroxyl groups is 2. The van der Waals surface area contributed by atoms with Crippen molar-refractivity contribution in [1.29, 1.82) is 0 Å². The third kappa shape index (κ3) is 5.68. The average Bonchev–Trinajstić information content (AvgIpc) is 3.19. The Labute approximate surface area is 231 Å². The molecular weight excluding hydrogens is 484 g/mol. The molecule has 2 N–H and O–H groups in total. The van der Waals surface area contributed by atoms with Gasteiger partial charge in [-0.05, 0) is 103 Å². The van der Waals surface area contributed by atoms with Crippen molar-refractivity contribution >= 4 is 11.6 Å². The number of hydrogen-bond donors (Lipinski definition) is 2. The fourth-order valence-electron chi connectivity index (χ4n) is 5.68. The molecule has 0 unspecified atom stereocenters. The van der Waals surface area contributed by atoms with Crippen molar-refractivity contribution in [3.8, 4) is 22.3 Å². The first-order valence-electron chi connectivity index (χ1n) is 13.7. The molecule has 3 heterocycles. The van der Waals surface area contributed by atoms with E-state index in [1.165, 1.54) is 0 Å². The topological polar surface area (TPSA) is 72.7 Å². The highest BCUT2D eigenvalue weighted by atomic mass is 16.3. The minimum Gasteiger partial charge on any atom is -0.392 e. The molecule has 1 saturated heterocycles. The van der Waals surface area contributed by atoms with Crippen LogP contribution in [0.5, 0.6) is 0 Å². The van der Waals surface area contributed by atoms with E-state index in [9.17, 15) is 10.2 Å². The van der Waals surface area contributed by atoms with Gasteiger partial charge in [-0.15, -0.1) is 0 Å². The second-order valence-electron chi connectivity index (χ2n) is 10.6. The van der Waals surface area contributed by atoms with E-state index in [0.717, 1.165) is 99.9 Å². The van der Waals surface area contributed by atoms with Crippen molar-refractivity contribution in [2.45, 2.75) is 47.3 Å². The van der Waals surface area contributed by atoms with Crippen LogP contribution in [0.25, 0.3) is 22.3 Å². The summed E-state index contributed by atoms with van der Waals surface area (Å²) in [6, 6.07) is 17.0. The van der Waals surface area contributed by atoms with E-state index in [4.69, 9.17) is 9.97 Å². The second kappa shape index (κ2) is 11.6. The molecular formula is C33H38N4O2. The number of aliphatic hydroxyl groups excluding tert-OH is 2. The SMILES string of the molecule is Cc1cc(-c2ccc(N3CCCN(c4ccc(-c5cc(C)c(CO)c(C)c5)cn4)CC3)nc2)cc(C)c1CO. The summed E-state index contributed by atoms with van der Waals surface area (Å²) in [6.45, 7) is 12.0. The zero-order valence-electron chi connectivity index (χ0n) is 23.4. The van der Waals surface area contributed by atoms with Gasteiger partial charge in [-0.2, -0.15) is 0 Å². The molecule has 0 aliphatic carbocycles. The lowest BCUT2D eigenvalue weighted by Gasteiger charge is -2.24. The van der Waals surface area contributed by atoms with Crippen LogP contribution in [0.15, 0.2) is 60.9 Å². The number of anilines is 2. The number of aryl methyl sites for hydroxylation is 4. The quantitative estimate of drug-likeness (QED) is 0.336. The molecule has 1 aliphatic heterocycles. The maximum atomic E-state index is 9.62. The predicted octanol–water partition coefficient (Wildman–Crippen LogP) is 5.75. The number of nitrogens with zero attached hydrogens (tertiary/aromatic N) is 4. The number of benzene rings is 2. The lowest BCUT2D eigenvalue weighted by molar-refractivity contribution is 0.280. The smallest absolute Gasteiger partial charge is 0.128 e. The Hall–Kier alpha value is -3.74. The summed E-state index contributed by atoms with van der Waals surface area (Å²) in [7, 11) is 0. The van der Waals surface area contributed by atoms with Crippen LogP contribution in [-0.4, -0.2) is 46.4 Å². The zero-order chi connectivity index (χ0) is 27.5. The minimum atomic E-state index is 0.0688. The predicted molar refractivity (Wildman–Crippen MR) is 159 cm³/mol. The Bertz CT molecular complexity index is 1290. The van der Waals surface area contributed by atoms with Gasteiger partial charge in [0.1, 0.15) is 11.6 Å². The van der Waals surface area contributed by atoms with Gasteiger partial charge in [0, 0.05) is 49.7 Å². The summed E-state index contributed by atoms with van der Waals surface area (Å²) in [4.78, 5) is 14.4. The van der Waals surface area contributed by atoms with E-state index in [-0.39, 0.29) is 13.2 Å². The van der Waals surface area contributed by atoms with Gasteiger partial charge in [0.2, 0.25) is 0 Å². The van der Waals surface area contributed by atoms with Crippen LogP contribution in [0, 0.1) is 27.7 Å². The normalized spacial score (nSPS) is 14.0. The van der Waals surface area contributed by atoms with Crippen LogP contribution < -0.4 is 9.80 Å². The van der Waals surface area contributed by atoms with Gasteiger partial charge in [0.05, 0.1) is 13.2 Å². The van der Waals surface area contributed by atoms with Gasteiger partial charge in [-0.3, -0.25) is 0 Å². The summed E-state index contributed by atoms with van der Waals surface area (Å²) in [5.74, 6) is 2.00. The number of rotatable bonds is 6. The van der Waals surface area contributed by atoms with E-state index in [2.05, 4.69) is 58.3 Å². The molecule has 6 nitrogen and oxygen atoms in total. The van der Waals surface area contributed by atoms with E-state index in [1.807, 2.05) is 40.1 Å². The molecule has 0 radical (unpaired) electrons. The average molecular weight is 523 g/mol. The first-order valence-corrected chi connectivity index (χ1v) is 13.7.